The molecule has 0 aliphatic carbocycles. The number of hydrogen-bond acceptors (Lipinski definition) is 3. The molecule has 1 aromatic rings. The van der Waals surface area contributed by atoms with E-state index in [0.29, 0.717) is 5.02 Å². The first-order valence-electron chi connectivity index (χ1n) is 6.58. The highest BCUT2D eigenvalue weighted by atomic mass is 35.5. The molecule has 1 aliphatic rings. The molecular formula is C14H21ClN2O. The molecule has 1 heterocycles. The summed E-state index contributed by atoms with van der Waals surface area (Å²) in [6.45, 7) is 8.35. The van der Waals surface area contributed by atoms with Crippen molar-refractivity contribution in [3.05, 3.63) is 28.8 Å². The second kappa shape index (κ2) is 6.98. The Balaban J connectivity index is 1.68. The molecule has 0 bridgehead atoms. The average molecular weight is 269 g/mol. The smallest absolute Gasteiger partial charge is 0.137 e. The number of nitrogens with zero attached hydrogens (tertiary/aromatic N) is 1. The highest BCUT2D eigenvalue weighted by Crippen LogP contribution is 2.25. The van der Waals surface area contributed by atoms with Gasteiger partial charge >= 0.3 is 0 Å². The number of aryl methyl sites for hydroxylation is 1. The fourth-order valence-electron chi connectivity index (χ4n) is 2.13. The van der Waals surface area contributed by atoms with Gasteiger partial charge in [-0.3, -0.25) is 0 Å². The van der Waals surface area contributed by atoms with E-state index >= 15 is 0 Å². The van der Waals surface area contributed by atoms with Crippen LogP contribution in [-0.2, 0) is 0 Å². The van der Waals surface area contributed by atoms with Crippen LogP contribution in [0.15, 0.2) is 18.2 Å². The van der Waals surface area contributed by atoms with Gasteiger partial charge in [0, 0.05) is 32.7 Å². The first-order valence-corrected chi connectivity index (χ1v) is 6.95. The van der Waals surface area contributed by atoms with Crippen molar-refractivity contribution in [2.24, 2.45) is 0 Å². The molecule has 0 aromatic heterocycles. The van der Waals surface area contributed by atoms with Crippen LogP contribution in [0.25, 0.3) is 0 Å². The summed E-state index contributed by atoms with van der Waals surface area (Å²) in [6.07, 6.45) is 1.05. The molecule has 1 fully saturated rings. The quantitative estimate of drug-likeness (QED) is 0.830. The van der Waals surface area contributed by atoms with E-state index in [0.717, 1.165) is 57.1 Å². The van der Waals surface area contributed by atoms with Crippen molar-refractivity contribution >= 4 is 11.6 Å². The first-order chi connectivity index (χ1) is 8.75. The van der Waals surface area contributed by atoms with Gasteiger partial charge in [-0.25, -0.2) is 0 Å². The SMILES string of the molecule is Cc1ccc(OCCCN2CCNCC2)c(Cl)c1. The normalized spacial score (nSPS) is 16.8. The molecule has 3 nitrogen and oxygen atoms in total. The maximum absolute atomic E-state index is 6.11. The Morgan fingerprint density at radius 3 is 2.83 bits per heavy atom. The summed E-state index contributed by atoms with van der Waals surface area (Å²) >= 11 is 6.11. The Labute approximate surface area is 114 Å². The number of nitrogens with one attached hydrogen (secondary N) is 1. The standard InChI is InChI=1S/C14H21ClN2O/c1-12-3-4-14(13(15)11-12)18-10-2-7-17-8-5-16-6-9-17/h3-4,11,16H,2,5-10H2,1H3. The molecule has 18 heavy (non-hydrogen) atoms. The van der Waals surface area contributed by atoms with Crippen molar-refractivity contribution in [3.8, 4) is 5.75 Å². The van der Waals surface area contributed by atoms with Gasteiger partial charge in [-0.15, -0.1) is 0 Å². The predicted molar refractivity (Wildman–Crippen MR) is 75.6 cm³/mol. The molecule has 1 aromatic carbocycles. The van der Waals surface area contributed by atoms with E-state index in [1.54, 1.807) is 0 Å². The summed E-state index contributed by atoms with van der Waals surface area (Å²) in [5.41, 5.74) is 1.16. The molecule has 1 aliphatic heterocycles. The van der Waals surface area contributed by atoms with Crippen LogP contribution in [-0.4, -0.2) is 44.2 Å². The van der Waals surface area contributed by atoms with Crippen LogP contribution < -0.4 is 10.1 Å². The molecule has 0 spiro atoms. The van der Waals surface area contributed by atoms with Gasteiger partial charge < -0.3 is 15.0 Å². The Bertz CT molecular complexity index is 378. The van der Waals surface area contributed by atoms with E-state index in [2.05, 4.69) is 10.2 Å². The van der Waals surface area contributed by atoms with E-state index in [-0.39, 0.29) is 0 Å². The van der Waals surface area contributed by atoms with E-state index in [4.69, 9.17) is 16.3 Å². The van der Waals surface area contributed by atoms with Crippen LogP contribution >= 0.6 is 11.6 Å². The Morgan fingerprint density at radius 1 is 1.33 bits per heavy atom. The molecule has 100 valence electrons. The van der Waals surface area contributed by atoms with Crippen molar-refractivity contribution in [2.75, 3.05) is 39.3 Å². The summed E-state index contributed by atoms with van der Waals surface area (Å²) in [5.74, 6) is 0.794. The lowest BCUT2D eigenvalue weighted by Gasteiger charge is -2.27. The number of piperazine rings is 1. The van der Waals surface area contributed by atoms with Crippen LogP contribution in [0.4, 0.5) is 0 Å². The third-order valence-corrected chi connectivity index (χ3v) is 3.47. The van der Waals surface area contributed by atoms with Gasteiger partial charge in [-0.1, -0.05) is 17.7 Å². The maximum Gasteiger partial charge on any atom is 0.137 e. The van der Waals surface area contributed by atoms with Crippen molar-refractivity contribution < 1.29 is 4.74 Å². The summed E-state index contributed by atoms with van der Waals surface area (Å²) in [4.78, 5) is 2.47. The van der Waals surface area contributed by atoms with Crippen LogP contribution in [0, 0.1) is 6.92 Å². The topological polar surface area (TPSA) is 24.5 Å². The van der Waals surface area contributed by atoms with Crippen LogP contribution in [0.3, 0.4) is 0 Å². The summed E-state index contributed by atoms with van der Waals surface area (Å²) < 4.78 is 5.71. The monoisotopic (exact) mass is 268 g/mol. The Hall–Kier alpha value is -0.770. The Morgan fingerprint density at radius 2 is 2.11 bits per heavy atom. The minimum Gasteiger partial charge on any atom is -0.492 e. The molecule has 1 N–H and O–H groups in total. The van der Waals surface area contributed by atoms with Crippen LogP contribution in [0.5, 0.6) is 5.75 Å². The van der Waals surface area contributed by atoms with Crippen LogP contribution in [0.2, 0.25) is 5.02 Å². The Kier molecular flexibility index (Phi) is 5.29. The molecule has 1 saturated heterocycles. The van der Waals surface area contributed by atoms with E-state index in [9.17, 15) is 0 Å². The van der Waals surface area contributed by atoms with Gasteiger partial charge in [0.2, 0.25) is 0 Å². The lowest BCUT2D eigenvalue weighted by molar-refractivity contribution is 0.214. The third-order valence-electron chi connectivity index (χ3n) is 3.17. The van der Waals surface area contributed by atoms with Crippen molar-refractivity contribution in [1.82, 2.24) is 10.2 Å². The number of hydrogen-bond donors (Lipinski definition) is 1. The van der Waals surface area contributed by atoms with Gasteiger partial charge in [0.15, 0.2) is 0 Å². The molecule has 0 unspecified atom stereocenters. The summed E-state index contributed by atoms with van der Waals surface area (Å²) in [5, 5.41) is 4.06. The first kappa shape index (κ1) is 13.7. The van der Waals surface area contributed by atoms with E-state index < -0.39 is 0 Å². The number of benzene rings is 1. The lowest BCUT2D eigenvalue weighted by atomic mass is 10.2. The second-order valence-corrected chi connectivity index (χ2v) is 5.13. The van der Waals surface area contributed by atoms with E-state index in [1.165, 1.54) is 0 Å². The average Bonchev–Trinajstić information content (AvgIpc) is 2.38. The lowest BCUT2D eigenvalue weighted by Crippen LogP contribution is -2.43. The van der Waals surface area contributed by atoms with Gasteiger partial charge in [0.1, 0.15) is 5.75 Å². The molecule has 0 atom stereocenters. The van der Waals surface area contributed by atoms with Crippen LogP contribution in [0.1, 0.15) is 12.0 Å². The van der Waals surface area contributed by atoms with Crippen molar-refractivity contribution in [1.29, 1.82) is 0 Å². The second-order valence-electron chi connectivity index (χ2n) is 4.73. The maximum atomic E-state index is 6.11. The van der Waals surface area contributed by atoms with Gasteiger partial charge in [0.25, 0.3) is 0 Å². The minimum absolute atomic E-state index is 0.706. The molecule has 2 rings (SSSR count). The number of halogens is 1. The fourth-order valence-corrected chi connectivity index (χ4v) is 2.42. The number of rotatable bonds is 5. The molecule has 0 radical (unpaired) electrons. The largest absolute Gasteiger partial charge is 0.492 e. The van der Waals surface area contributed by atoms with E-state index in [1.807, 2.05) is 25.1 Å². The highest BCUT2D eigenvalue weighted by Gasteiger charge is 2.08. The fraction of sp³-hybridized carbons (Fsp3) is 0.571. The van der Waals surface area contributed by atoms with Crippen molar-refractivity contribution in [3.63, 3.8) is 0 Å². The van der Waals surface area contributed by atoms with Gasteiger partial charge in [-0.05, 0) is 31.0 Å². The third kappa shape index (κ3) is 4.16. The highest BCUT2D eigenvalue weighted by molar-refractivity contribution is 6.32. The summed E-state index contributed by atoms with van der Waals surface area (Å²) in [7, 11) is 0. The molecule has 4 heteroatoms. The van der Waals surface area contributed by atoms with Gasteiger partial charge in [-0.2, -0.15) is 0 Å². The molecule has 0 saturated carbocycles. The van der Waals surface area contributed by atoms with Gasteiger partial charge in [0.05, 0.1) is 11.6 Å². The molecular weight excluding hydrogens is 248 g/mol. The zero-order chi connectivity index (χ0) is 12.8. The van der Waals surface area contributed by atoms with Crippen molar-refractivity contribution in [2.45, 2.75) is 13.3 Å². The summed E-state index contributed by atoms with van der Waals surface area (Å²) in [6, 6.07) is 5.91. The predicted octanol–water partition coefficient (Wildman–Crippen LogP) is 2.32. The minimum atomic E-state index is 0.706. The zero-order valence-electron chi connectivity index (χ0n) is 10.9. The number of ether oxygens (including phenoxy) is 1. The molecule has 0 amide bonds. The zero-order valence-corrected chi connectivity index (χ0v) is 11.7.